The maximum Gasteiger partial charge on any atom is 0.170 e. The number of nitrogens with one attached hydrogen (secondary N) is 1. The van der Waals surface area contributed by atoms with Gasteiger partial charge in [0.1, 0.15) is 5.75 Å². The molecule has 0 radical (unpaired) electrons. The standard InChI is InChI=1S/C16H19N3OS/c1-2-7-17-8-12-9-18-16(19-10-12)14-11-21-15-6-4-3-5-13(15)20-14/h3-6,9-10,14,17H,2,7-8,11H2,1H3. The van der Waals surface area contributed by atoms with Gasteiger partial charge < -0.3 is 10.1 Å². The number of nitrogens with zero attached hydrogens (tertiary/aromatic N) is 2. The third kappa shape index (κ3) is 3.54. The number of rotatable bonds is 5. The average Bonchev–Trinajstić information content (AvgIpc) is 2.55. The van der Waals surface area contributed by atoms with Crippen LogP contribution in [0.15, 0.2) is 41.6 Å². The second kappa shape index (κ2) is 6.91. The molecule has 0 saturated heterocycles. The number of aromatic nitrogens is 2. The molecule has 1 aliphatic rings. The highest BCUT2D eigenvalue weighted by molar-refractivity contribution is 7.99. The second-order valence-electron chi connectivity index (χ2n) is 4.99. The van der Waals surface area contributed by atoms with Gasteiger partial charge in [0.15, 0.2) is 11.9 Å². The molecule has 0 spiro atoms. The van der Waals surface area contributed by atoms with Crippen molar-refractivity contribution in [2.75, 3.05) is 12.3 Å². The van der Waals surface area contributed by atoms with Gasteiger partial charge in [-0.2, -0.15) is 0 Å². The predicted octanol–water partition coefficient (Wildman–Crippen LogP) is 3.20. The van der Waals surface area contributed by atoms with Crippen LogP contribution in [0.5, 0.6) is 5.75 Å². The number of benzene rings is 1. The zero-order chi connectivity index (χ0) is 14.5. The van der Waals surface area contributed by atoms with Crippen LogP contribution in [0.4, 0.5) is 0 Å². The van der Waals surface area contributed by atoms with Gasteiger partial charge in [-0.05, 0) is 25.1 Å². The average molecular weight is 301 g/mol. The Labute approximate surface area is 129 Å². The minimum absolute atomic E-state index is 0.0671. The van der Waals surface area contributed by atoms with E-state index >= 15 is 0 Å². The van der Waals surface area contributed by atoms with Crippen molar-refractivity contribution in [3.05, 3.63) is 48.0 Å². The Balaban J connectivity index is 1.65. The minimum atomic E-state index is -0.0671. The fraction of sp³-hybridized carbons (Fsp3) is 0.375. The van der Waals surface area contributed by atoms with Crippen LogP contribution in [-0.4, -0.2) is 22.3 Å². The molecule has 1 atom stereocenters. The molecule has 0 saturated carbocycles. The fourth-order valence-electron chi connectivity index (χ4n) is 2.18. The van der Waals surface area contributed by atoms with Gasteiger partial charge in [0, 0.05) is 35.2 Å². The van der Waals surface area contributed by atoms with Crippen molar-refractivity contribution >= 4 is 11.8 Å². The summed E-state index contributed by atoms with van der Waals surface area (Å²) in [4.78, 5) is 10.1. The quantitative estimate of drug-likeness (QED) is 0.859. The Hall–Kier alpha value is -1.59. The van der Waals surface area contributed by atoms with Crippen LogP contribution in [0, 0.1) is 0 Å². The molecule has 110 valence electrons. The Kier molecular flexibility index (Phi) is 4.72. The van der Waals surface area contributed by atoms with Crippen molar-refractivity contribution in [2.45, 2.75) is 30.9 Å². The molecule has 0 fully saturated rings. The van der Waals surface area contributed by atoms with Gasteiger partial charge in [-0.15, -0.1) is 11.8 Å². The highest BCUT2D eigenvalue weighted by Crippen LogP contribution is 2.39. The van der Waals surface area contributed by atoms with E-state index in [0.29, 0.717) is 0 Å². The molecule has 1 aromatic carbocycles. The van der Waals surface area contributed by atoms with Crippen molar-refractivity contribution in [3.63, 3.8) is 0 Å². The van der Waals surface area contributed by atoms with Crippen molar-refractivity contribution in [3.8, 4) is 5.75 Å². The SMILES string of the molecule is CCCNCc1cnc(C2CSc3ccccc3O2)nc1. The maximum atomic E-state index is 5.99. The first-order valence-corrected chi connectivity index (χ1v) is 8.25. The summed E-state index contributed by atoms with van der Waals surface area (Å²) in [5.74, 6) is 2.54. The summed E-state index contributed by atoms with van der Waals surface area (Å²) in [6.07, 6.45) is 4.84. The van der Waals surface area contributed by atoms with E-state index in [-0.39, 0.29) is 6.10 Å². The number of hydrogen-bond acceptors (Lipinski definition) is 5. The Morgan fingerprint density at radius 2 is 2.10 bits per heavy atom. The van der Waals surface area contributed by atoms with Gasteiger partial charge in [-0.1, -0.05) is 19.1 Å². The normalized spacial score (nSPS) is 17.1. The number of hydrogen-bond donors (Lipinski definition) is 1. The Bertz CT molecular complexity index is 588. The van der Waals surface area contributed by atoms with E-state index in [1.165, 1.54) is 4.90 Å². The molecule has 1 aliphatic heterocycles. The van der Waals surface area contributed by atoms with E-state index in [1.807, 2.05) is 30.6 Å². The number of ether oxygens (including phenoxy) is 1. The molecule has 1 unspecified atom stereocenters. The molecule has 2 aromatic rings. The van der Waals surface area contributed by atoms with Crippen molar-refractivity contribution < 1.29 is 4.74 Å². The summed E-state index contributed by atoms with van der Waals surface area (Å²) in [5.41, 5.74) is 1.11. The van der Waals surface area contributed by atoms with Crippen LogP contribution in [-0.2, 0) is 6.54 Å². The van der Waals surface area contributed by atoms with Crippen LogP contribution in [0.2, 0.25) is 0 Å². The van der Waals surface area contributed by atoms with Crippen molar-refractivity contribution in [1.29, 1.82) is 0 Å². The van der Waals surface area contributed by atoms with Crippen LogP contribution in [0.1, 0.15) is 30.8 Å². The van der Waals surface area contributed by atoms with Crippen LogP contribution >= 0.6 is 11.8 Å². The lowest BCUT2D eigenvalue weighted by Crippen LogP contribution is -2.18. The van der Waals surface area contributed by atoms with E-state index in [9.17, 15) is 0 Å². The molecule has 5 heteroatoms. The van der Waals surface area contributed by atoms with E-state index in [2.05, 4.69) is 28.3 Å². The van der Waals surface area contributed by atoms with Crippen LogP contribution in [0.3, 0.4) is 0 Å². The van der Waals surface area contributed by atoms with Gasteiger partial charge >= 0.3 is 0 Å². The zero-order valence-corrected chi connectivity index (χ0v) is 12.9. The molecule has 21 heavy (non-hydrogen) atoms. The van der Waals surface area contributed by atoms with E-state index in [0.717, 1.165) is 42.4 Å². The minimum Gasteiger partial charge on any atom is -0.480 e. The summed E-state index contributed by atoms with van der Waals surface area (Å²) in [7, 11) is 0. The lowest BCUT2D eigenvalue weighted by Gasteiger charge is -2.24. The molecule has 1 aromatic heterocycles. The first-order chi connectivity index (χ1) is 10.4. The monoisotopic (exact) mass is 301 g/mol. The van der Waals surface area contributed by atoms with Gasteiger partial charge in [-0.3, -0.25) is 0 Å². The van der Waals surface area contributed by atoms with E-state index in [1.54, 1.807) is 11.8 Å². The molecule has 4 nitrogen and oxygen atoms in total. The van der Waals surface area contributed by atoms with Gasteiger partial charge in [0.05, 0.1) is 0 Å². The number of fused-ring (bicyclic) bond motifs is 1. The number of para-hydroxylation sites is 1. The third-order valence-electron chi connectivity index (χ3n) is 3.28. The molecule has 1 N–H and O–H groups in total. The first-order valence-electron chi connectivity index (χ1n) is 7.27. The maximum absolute atomic E-state index is 5.99. The van der Waals surface area contributed by atoms with Crippen LogP contribution < -0.4 is 10.1 Å². The summed E-state index contributed by atoms with van der Waals surface area (Å²) < 4.78 is 5.99. The molecule has 0 amide bonds. The van der Waals surface area contributed by atoms with Crippen molar-refractivity contribution in [2.24, 2.45) is 0 Å². The third-order valence-corrected chi connectivity index (χ3v) is 4.40. The molecule has 0 aliphatic carbocycles. The smallest absolute Gasteiger partial charge is 0.170 e. The summed E-state index contributed by atoms with van der Waals surface area (Å²) in [6, 6.07) is 8.10. The molecule has 0 bridgehead atoms. The van der Waals surface area contributed by atoms with Crippen LogP contribution in [0.25, 0.3) is 0 Å². The highest BCUT2D eigenvalue weighted by Gasteiger charge is 2.23. The van der Waals surface area contributed by atoms with Crippen molar-refractivity contribution in [1.82, 2.24) is 15.3 Å². The van der Waals surface area contributed by atoms with Gasteiger partial charge in [-0.25, -0.2) is 9.97 Å². The Morgan fingerprint density at radius 1 is 1.29 bits per heavy atom. The highest BCUT2D eigenvalue weighted by atomic mass is 32.2. The van der Waals surface area contributed by atoms with Gasteiger partial charge in [0.25, 0.3) is 0 Å². The molecular formula is C16H19N3OS. The first kappa shape index (κ1) is 14.4. The molecular weight excluding hydrogens is 282 g/mol. The molecule has 3 rings (SSSR count). The topological polar surface area (TPSA) is 47.0 Å². The number of thioether (sulfide) groups is 1. The predicted molar refractivity (Wildman–Crippen MR) is 84.6 cm³/mol. The van der Waals surface area contributed by atoms with E-state index < -0.39 is 0 Å². The van der Waals surface area contributed by atoms with E-state index in [4.69, 9.17) is 4.74 Å². The summed E-state index contributed by atoms with van der Waals surface area (Å²) in [5, 5.41) is 3.35. The molecule has 2 heterocycles. The lowest BCUT2D eigenvalue weighted by atomic mass is 10.3. The lowest BCUT2D eigenvalue weighted by molar-refractivity contribution is 0.210. The second-order valence-corrected chi connectivity index (χ2v) is 6.05. The largest absolute Gasteiger partial charge is 0.480 e. The fourth-order valence-corrected chi connectivity index (χ4v) is 3.16. The zero-order valence-electron chi connectivity index (χ0n) is 12.1. The summed E-state index contributed by atoms with van der Waals surface area (Å²) in [6.45, 7) is 3.99. The van der Waals surface area contributed by atoms with Gasteiger partial charge in [0.2, 0.25) is 0 Å². The summed E-state index contributed by atoms with van der Waals surface area (Å²) >= 11 is 1.80. The Morgan fingerprint density at radius 3 is 2.90 bits per heavy atom.